The zero-order valence-electron chi connectivity index (χ0n) is 7.11. The first kappa shape index (κ1) is 7.40. The average molecular weight is 164 g/mol. The van der Waals surface area contributed by atoms with Gasteiger partial charge in [0.25, 0.3) is 0 Å². The van der Waals surface area contributed by atoms with Crippen molar-refractivity contribution in [2.45, 2.75) is 25.8 Å². The molecule has 0 aromatic rings. The molecule has 2 rings (SSSR count). The maximum atomic E-state index is 11.4. The van der Waals surface area contributed by atoms with Crippen molar-refractivity contribution in [2.75, 3.05) is 0 Å². The molecular weight excluding hydrogens is 152 g/mol. The Kier molecular flexibility index (Phi) is 1.46. The molecule has 0 aromatic heterocycles. The molecule has 1 heterocycles. The Morgan fingerprint density at radius 1 is 1.50 bits per heavy atom. The lowest BCUT2D eigenvalue weighted by atomic mass is 10.1. The molecule has 2 aliphatic rings. The van der Waals surface area contributed by atoms with Crippen LogP contribution in [0.3, 0.4) is 0 Å². The second-order valence-corrected chi connectivity index (χ2v) is 3.28. The fourth-order valence-corrected chi connectivity index (χ4v) is 1.86. The quantitative estimate of drug-likeness (QED) is 0.552. The van der Waals surface area contributed by atoms with Crippen molar-refractivity contribution in [3.05, 3.63) is 23.7 Å². The Morgan fingerprint density at radius 3 is 3.00 bits per heavy atom. The van der Waals surface area contributed by atoms with Gasteiger partial charge in [-0.2, -0.15) is 0 Å². The number of nitrogens with one attached hydrogen (secondary N) is 2. The van der Waals surface area contributed by atoms with Crippen molar-refractivity contribution in [1.29, 1.82) is 0 Å². The van der Waals surface area contributed by atoms with Gasteiger partial charge in [0.2, 0.25) is 0 Å². The molecule has 0 amide bonds. The van der Waals surface area contributed by atoms with Gasteiger partial charge in [-0.25, -0.2) is 0 Å². The van der Waals surface area contributed by atoms with Crippen molar-refractivity contribution in [3.63, 3.8) is 0 Å². The number of Topliss-reactive ketones (excluding diaryl/α,β-unsaturated/α-hetero) is 1. The highest BCUT2D eigenvalue weighted by atomic mass is 16.1. The molecule has 1 aliphatic carbocycles. The van der Waals surface area contributed by atoms with E-state index >= 15 is 0 Å². The van der Waals surface area contributed by atoms with Crippen LogP contribution < -0.4 is 10.6 Å². The molecule has 0 fully saturated rings. The molecular formula is C9H12N2O. The highest BCUT2D eigenvalue weighted by Gasteiger charge is 2.30. The SMILES string of the molecule is C=C1NC2=C(C(=O)CC2)C(C)N1. The number of hydrogen-bond donors (Lipinski definition) is 2. The first-order valence-corrected chi connectivity index (χ1v) is 4.17. The third-order valence-electron chi connectivity index (χ3n) is 2.35. The van der Waals surface area contributed by atoms with Gasteiger partial charge in [-0.1, -0.05) is 6.58 Å². The van der Waals surface area contributed by atoms with Crippen LogP contribution in [-0.2, 0) is 4.79 Å². The summed E-state index contributed by atoms with van der Waals surface area (Å²) in [5.74, 6) is 1.07. The Bertz CT molecular complexity index is 291. The van der Waals surface area contributed by atoms with Crippen molar-refractivity contribution < 1.29 is 4.79 Å². The second kappa shape index (κ2) is 2.37. The topological polar surface area (TPSA) is 41.1 Å². The van der Waals surface area contributed by atoms with Crippen molar-refractivity contribution in [3.8, 4) is 0 Å². The summed E-state index contributed by atoms with van der Waals surface area (Å²) in [5.41, 5.74) is 1.98. The van der Waals surface area contributed by atoms with Crippen LogP contribution in [0.25, 0.3) is 0 Å². The summed E-state index contributed by atoms with van der Waals surface area (Å²) in [6, 6.07) is 0.128. The van der Waals surface area contributed by atoms with Crippen LogP contribution in [-0.4, -0.2) is 11.8 Å². The average Bonchev–Trinajstić information content (AvgIpc) is 2.31. The van der Waals surface area contributed by atoms with E-state index < -0.39 is 0 Å². The van der Waals surface area contributed by atoms with Gasteiger partial charge in [0.05, 0.1) is 11.9 Å². The van der Waals surface area contributed by atoms with Gasteiger partial charge in [-0.05, 0) is 13.3 Å². The van der Waals surface area contributed by atoms with Gasteiger partial charge in [-0.3, -0.25) is 4.79 Å². The molecule has 12 heavy (non-hydrogen) atoms. The van der Waals surface area contributed by atoms with Gasteiger partial charge >= 0.3 is 0 Å². The largest absolute Gasteiger partial charge is 0.365 e. The van der Waals surface area contributed by atoms with Gasteiger partial charge in [0.1, 0.15) is 0 Å². The van der Waals surface area contributed by atoms with Crippen LogP contribution in [0, 0.1) is 0 Å². The predicted molar refractivity (Wildman–Crippen MR) is 46.1 cm³/mol. The predicted octanol–water partition coefficient (Wildman–Crippen LogP) is 0.656. The highest BCUT2D eigenvalue weighted by Crippen LogP contribution is 2.26. The fraction of sp³-hybridized carbons (Fsp3) is 0.444. The van der Waals surface area contributed by atoms with E-state index in [1.807, 2.05) is 6.92 Å². The first-order chi connectivity index (χ1) is 5.68. The summed E-state index contributed by atoms with van der Waals surface area (Å²) in [5, 5.41) is 6.19. The van der Waals surface area contributed by atoms with E-state index in [4.69, 9.17) is 0 Å². The molecule has 0 saturated heterocycles. The summed E-state index contributed by atoms with van der Waals surface area (Å²) >= 11 is 0. The normalized spacial score (nSPS) is 28.2. The van der Waals surface area contributed by atoms with Crippen molar-refractivity contribution >= 4 is 5.78 Å². The van der Waals surface area contributed by atoms with Gasteiger partial charge < -0.3 is 10.6 Å². The Morgan fingerprint density at radius 2 is 2.25 bits per heavy atom. The van der Waals surface area contributed by atoms with Crippen LogP contribution in [0.15, 0.2) is 23.7 Å². The monoisotopic (exact) mass is 164 g/mol. The minimum absolute atomic E-state index is 0.128. The molecule has 0 radical (unpaired) electrons. The number of carbonyl (C=O) groups excluding carboxylic acids is 1. The molecule has 0 saturated carbocycles. The van der Waals surface area contributed by atoms with E-state index in [0.717, 1.165) is 23.5 Å². The Balaban J connectivity index is 2.37. The molecule has 3 heteroatoms. The van der Waals surface area contributed by atoms with Crippen LogP contribution in [0.5, 0.6) is 0 Å². The van der Waals surface area contributed by atoms with Gasteiger partial charge in [0, 0.05) is 17.7 Å². The zero-order chi connectivity index (χ0) is 8.72. The van der Waals surface area contributed by atoms with Crippen molar-refractivity contribution in [1.82, 2.24) is 10.6 Å². The summed E-state index contributed by atoms with van der Waals surface area (Å²) in [4.78, 5) is 11.4. The molecule has 3 nitrogen and oxygen atoms in total. The van der Waals surface area contributed by atoms with E-state index in [2.05, 4.69) is 17.2 Å². The molecule has 0 bridgehead atoms. The van der Waals surface area contributed by atoms with Crippen LogP contribution in [0.1, 0.15) is 19.8 Å². The maximum absolute atomic E-state index is 11.4. The van der Waals surface area contributed by atoms with Gasteiger partial charge in [0.15, 0.2) is 5.78 Å². The van der Waals surface area contributed by atoms with E-state index in [9.17, 15) is 4.79 Å². The minimum atomic E-state index is 0.128. The minimum Gasteiger partial charge on any atom is -0.365 e. The maximum Gasteiger partial charge on any atom is 0.163 e. The summed E-state index contributed by atoms with van der Waals surface area (Å²) in [6.45, 7) is 5.77. The number of carbonyl (C=O) groups is 1. The lowest BCUT2D eigenvalue weighted by Gasteiger charge is -2.26. The molecule has 1 atom stereocenters. The third kappa shape index (κ3) is 0.932. The summed E-state index contributed by atoms with van der Waals surface area (Å²) in [7, 11) is 0. The van der Waals surface area contributed by atoms with Crippen LogP contribution in [0.2, 0.25) is 0 Å². The van der Waals surface area contributed by atoms with Crippen LogP contribution in [0.4, 0.5) is 0 Å². The number of allylic oxidation sites excluding steroid dienone is 1. The second-order valence-electron chi connectivity index (χ2n) is 3.28. The molecule has 1 aliphatic heterocycles. The van der Waals surface area contributed by atoms with E-state index in [-0.39, 0.29) is 11.8 Å². The van der Waals surface area contributed by atoms with Crippen molar-refractivity contribution in [2.24, 2.45) is 0 Å². The van der Waals surface area contributed by atoms with Crippen LogP contribution >= 0.6 is 0 Å². The Labute approximate surface area is 71.5 Å². The molecule has 0 aromatic carbocycles. The molecule has 1 unspecified atom stereocenters. The lowest BCUT2D eigenvalue weighted by Crippen LogP contribution is -2.40. The number of ketones is 1. The number of hydrogen-bond acceptors (Lipinski definition) is 3. The zero-order valence-corrected chi connectivity index (χ0v) is 7.11. The standard InChI is InChI=1S/C9H12N2O/c1-5-9-7(3-4-8(9)12)11-6(2)10-5/h5,10-11H,2-4H2,1H3. The fourth-order valence-electron chi connectivity index (χ4n) is 1.86. The third-order valence-corrected chi connectivity index (χ3v) is 2.35. The summed E-state index contributed by atoms with van der Waals surface area (Å²) in [6.07, 6.45) is 1.50. The Hall–Kier alpha value is -1.25. The summed E-state index contributed by atoms with van der Waals surface area (Å²) < 4.78 is 0. The highest BCUT2D eigenvalue weighted by molar-refractivity contribution is 6.00. The first-order valence-electron chi connectivity index (χ1n) is 4.17. The van der Waals surface area contributed by atoms with E-state index in [1.54, 1.807) is 0 Å². The lowest BCUT2D eigenvalue weighted by molar-refractivity contribution is -0.115. The van der Waals surface area contributed by atoms with Gasteiger partial charge in [-0.15, -0.1) is 0 Å². The molecule has 2 N–H and O–H groups in total. The molecule has 0 spiro atoms. The number of rotatable bonds is 0. The molecule has 64 valence electrons. The smallest absolute Gasteiger partial charge is 0.163 e. The van der Waals surface area contributed by atoms with E-state index in [1.165, 1.54) is 0 Å². The van der Waals surface area contributed by atoms with E-state index in [0.29, 0.717) is 6.42 Å².